The van der Waals surface area contributed by atoms with Gasteiger partial charge in [0.05, 0.1) is 17.2 Å². The number of carbonyl (C=O) groups excluding carboxylic acids is 1. The lowest BCUT2D eigenvalue weighted by Gasteiger charge is -2.34. The minimum absolute atomic E-state index is 0.0230. The number of carbonyl (C=O) groups is 1. The summed E-state index contributed by atoms with van der Waals surface area (Å²) in [6.45, 7) is 6.81. The third-order valence-corrected chi connectivity index (χ3v) is 4.37. The molecular formula is C17H20N4O4. The van der Waals surface area contributed by atoms with Crippen LogP contribution >= 0.6 is 0 Å². The molecule has 0 atom stereocenters. The van der Waals surface area contributed by atoms with E-state index in [1.165, 1.54) is 6.07 Å². The van der Waals surface area contributed by atoms with Gasteiger partial charge in [-0.05, 0) is 19.9 Å². The van der Waals surface area contributed by atoms with E-state index in [1.807, 2.05) is 13.0 Å². The Bertz CT molecular complexity index is 794. The highest BCUT2D eigenvalue weighted by Gasteiger charge is 2.24. The number of nitro groups is 1. The molecule has 25 heavy (non-hydrogen) atoms. The second kappa shape index (κ2) is 7.02. The molecule has 0 radical (unpaired) electrons. The Morgan fingerprint density at radius 1 is 1.24 bits per heavy atom. The number of aromatic nitrogens is 1. The van der Waals surface area contributed by atoms with Crippen molar-refractivity contribution in [3.63, 3.8) is 0 Å². The fourth-order valence-corrected chi connectivity index (χ4v) is 2.94. The van der Waals surface area contributed by atoms with E-state index in [4.69, 9.17) is 4.52 Å². The summed E-state index contributed by atoms with van der Waals surface area (Å²) in [4.78, 5) is 27.1. The van der Waals surface area contributed by atoms with Gasteiger partial charge in [0.1, 0.15) is 0 Å². The number of hydrogen-bond donors (Lipinski definition) is 0. The topological polar surface area (TPSA) is 92.7 Å². The second-order valence-corrected chi connectivity index (χ2v) is 6.26. The first-order chi connectivity index (χ1) is 11.9. The molecule has 132 valence electrons. The van der Waals surface area contributed by atoms with Gasteiger partial charge >= 0.3 is 0 Å². The van der Waals surface area contributed by atoms with Crippen molar-refractivity contribution in [2.45, 2.75) is 20.4 Å². The van der Waals surface area contributed by atoms with Crippen molar-refractivity contribution >= 4 is 11.6 Å². The summed E-state index contributed by atoms with van der Waals surface area (Å²) in [7, 11) is 0. The lowest BCUT2D eigenvalue weighted by Crippen LogP contribution is -2.48. The van der Waals surface area contributed by atoms with Crippen LogP contribution < -0.4 is 0 Å². The molecule has 1 aliphatic rings. The normalized spacial score (nSPS) is 15.4. The minimum Gasteiger partial charge on any atom is -0.360 e. The molecule has 1 aliphatic heterocycles. The maximum Gasteiger partial charge on any atom is 0.273 e. The first-order valence-corrected chi connectivity index (χ1v) is 8.13. The minimum atomic E-state index is -0.455. The molecule has 1 saturated heterocycles. The van der Waals surface area contributed by atoms with Crippen LogP contribution in [0.2, 0.25) is 0 Å². The van der Waals surface area contributed by atoms with E-state index in [-0.39, 0.29) is 11.6 Å². The van der Waals surface area contributed by atoms with Crippen LogP contribution in [0.5, 0.6) is 0 Å². The van der Waals surface area contributed by atoms with Gasteiger partial charge in [0, 0.05) is 49.4 Å². The van der Waals surface area contributed by atoms with Crippen molar-refractivity contribution in [1.82, 2.24) is 15.0 Å². The number of benzene rings is 1. The SMILES string of the molecule is Cc1cc(CN2CCN(C(=O)c3ccc(C)c([N+](=O)[O-])c3)CC2)on1. The molecule has 0 aliphatic carbocycles. The number of hydrogen-bond acceptors (Lipinski definition) is 6. The summed E-state index contributed by atoms with van der Waals surface area (Å²) in [5.41, 5.74) is 1.74. The second-order valence-electron chi connectivity index (χ2n) is 6.26. The Balaban J connectivity index is 1.61. The highest BCUT2D eigenvalue weighted by Crippen LogP contribution is 2.21. The largest absolute Gasteiger partial charge is 0.360 e. The van der Waals surface area contributed by atoms with E-state index in [2.05, 4.69) is 10.1 Å². The summed E-state index contributed by atoms with van der Waals surface area (Å²) in [6, 6.07) is 6.53. The molecule has 0 saturated carbocycles. The van der Waals surface area contributed by atoms with E-state index in [0.29, 0.717) is 30.8 Å². The van der Waals surface area contributed by atoms with Crippen LogP contribution in [0.15, 0.2) is 28.8 Å². The number of piperazine rings is 1. The van der Waals surface area contributed by atoms with Gasteiger partial charge in [-0.2, -0.15) is 0 Å². The lowest BCUT2D eigenvalue weighted by molar-refractivity contribution is -0.385. The highest BCUT2D eigenvalue weighted by molar-refractivity contribution is 5.95. The molecule has 3 rings (SSSR count). The van der Waals surface area contributed by atoms with Crippen molar-refractivity contribution in [2.75, 3.05) is 26.2 Å². The summed E-state index contributed by atoms with van der Waals surface area (Å²) in [6.07, 6.45) is 0. The first-order valence-electron chi connectivity index (χ1n) is 8.13. The Kier molecular flexibility index (Phi) is 4.80. The third kappa shape index (κ3) is 3.85. The zero-order valence-corrected chi connectivity index (χ0v) is 14.3. The van der Waals surface area contributed by atoms with Gasteiger partial charge in [0.2, 0.25) is 0 Å². The predicted octanol–water partition coefficient (Wildman–Crippen LogP) is 2.16. The van der Waals surface area contributed by atoms with Crippen LogP contribution in [0, 0.1) is 24.0 Å². The summed E-state index contributed by atoms with van der Waals surface area (Å²) < 4.78 is 5.22. The molecule has 0 unspecified atom stereocenters. The molecule has 8 nitrogen and oxygen atoms in total. The van der Waals surface area contributed by atoms with E-state index >= 15 is 0 Å². The van der Waals surface area contributed by atoms with E-state index in [0.717, 1.165) is 24.5 Å². The van der Waals surface area contributed by atoms with E-state index in [9.17, 15) is 14.9 Å². The molecular weight excluding hydrogens is 324 g/mol. The molecule has 0 bridgehead atoms. The number of nitro benzene ring substituents is 1. The fraction of sp³-hybridized carbons (Fsp3) is 0.412. The zero-order valence-electron chi connectivity index (χ0n) is 14.3. The monoisotopic (exact) mass is 344 g/mol. The average molecular weight is 344 g/mol. The van der Waals surface area contributed by atoms with Crippen molar-refractivity contribution in [3.05, 3.63) is 57.0 Å². The van der Waals surface area contributed by atoms with Gasteiger partial charge in [-0.25, -0.2) is 0 Å². The maximum atomic E-state index is 12.6. The molecule has 1 aromatic heterocycles. The highest BCUT2D eigenvalue weighted by atomic mass is 16.6. The van der Waals surface area contributed by atoms with Gasteiger partial charge in [0.15, 0.2) is 5.76 Å². The third-order valence-electron chi connectivity index (χ3n) is 4.37. The Morgan fingerprint density at radius 2 is 1.96 bits per heavy atom. The number of aryl methyl sites for hydroxylation is 2. The molecule has 0 N–H and O–H groups in total. The number of rotatable bonds is 4. The van der Waals surface area contributed by atoms with Gasteiger partial charge in [-0.15, -0.1) is 0 Å². The molecule has 8 heteroatoms. The number of amides is 1. The van der Waals surface area contributed by atoms with Gasteiger partial charge < -0.3 is 9.42 Å². The number of nitrogens with zero attached hydrogens (tertiary/aromatic N) is 4. The van der Waals surface area contributed by atoms with E-state index < -0.39 is 4.92 Å². The van der Waals surface area contributed by atoms with E-state index in [1.54, 1.807) is 24.0 Å². The van der Waals surface area contributed by atoms with Crippen molar-refractivity contribution < 1.29 is 14.2 Å². The zero-order chi connectivity index (χ0) is 18.0. The molecule has 2 aromatic rings. The standard InChI is InChI=1S/C17H20N4O4/c1-12-3-4-14(10-16(12)21(23)24)17(22)20-7-5-19(6-8-20)11-15-9-13(2)18-25-15/h3-4,9-10H,5-8,11H2,1-2H3. The van der Waals surface area contributed by atoms with Crippen molar-refractivity contribution in [1.29, 1.82) is 0 Å². The van der Waals surface area contributed by atoms with Crippen LogP contribution in [-0.4, -0.2) is 52.0 Å². The maximum absolute atomic E-state index is 12.6. The molecule has 1 aromatic carbocycles. The molecule has 1 fully saturated rings. The molecule has 2 heterocycles. The quantitative estimate of drug-likeness (QED) is 0.623. The molecule has 1 amide bonds. The van der Waals surface area contributed by atoms with Crippen LogP contribution in [0.1, 0.15) is 27.4 Å². The van der Waals surface area contributed by atoms with Crippen molar-refractivity contribution in [3.8, 4) is 0 Å². The van der Waals surface area contributed by atoms with Gasteiger partial charge in [-0.3, -0.25) is 19.8 Å². The predicted molar refractivity (Wildman–Crippen MR) is 90.3 cm³/mol. The Hall–Kier alpha value is -2.74. The van der Waals surface area contributed by atoms with Crippen LogP contribution in [0.25, 0.3) is 0 Å². The smallest absolute Gasteiger partial charge is 0.273 e. The lowest BCUT2D eigenvalue weighted by atomic mass is 10.1. The Morgan fingerprint density at radius 3 is 2.56 bits per heavy atom. The molecule has 0 spiro atoms. The average Bonchev–Trinajstić information content (AvgIpc) is 3.00. The van der Waals surface area contributed by atoms with Crippen LogP contribution in [0.3, 0.4) is 0 Å². The van der Waals surface area contributed by atoms with Gasteiger partial charge in [0.25, 0.3) is 11.6 Å². The first kappa shape index (κ1) is 17.1. The van der Waals surface area contributed by atoms with Crippen LogP contribution in [0.4, 0.5) is 5.69 Å². The van der Waals surface area contributed by atoms with Crippen molar-refractivity contribution in [2.24, 2.45) is 0 Å². The van der Waals surface area contributed by atoms with Gasteiger partial charge in [-0.1, -0.05) is 11.2 Å². The summed E-state index contributed by atoms with van der Waals surface area (Å²) >= 11 is 0. The fourth-order valence-electron chi connectivity index (χ4n) is 2.94. The summed E-state index contributed by atoms with van der Waals surface area (Å²) in [5, 5.41) is 14.9. The van der Waals surface area contributed by atoms with Crippen LogP contribution in [-0.2, 0) is 6.54 Å². The summed E-state index contributed by atoms with van der Waals surface area (Å²) in [5.74, 6) is 0.643. The Labute approximate surface area is 145 Å².